The molecular weight excluding hydrogens is 502 g/mol. The van der Waals surface area contributed by atoms with Crippen molar-refractivity contribution in [1.82, 2.24) is 19.9 Å². The molecule has 5 aromatic carbocycles. The van der Waals surface area contributed by atoms with Gasteiger partial charge in [-0.1, -0.05) is 91.0 Å². The lowest BCUT2D eigenvalue weighted by atomic mass is 9.90. The van der Waals surface area contributed by atoms with Crippen LogP contribution in [0.15, 0.2) is 140 Å². The van der Waals surface area contributed by atoms with Crippen LogP contribution in [0.25, 0.3) is 55.8 Å². The number of hydrogen-bond donors (Lipinski definition) is 0. The highest BCUT2D eigenvalue weighted by molar-refractivity contribution is 6.14. The van der Waals surface area contributed by atoms with Gasteiger partial charge in [-0.15, -0.1) is 0 Å². The predicted molar refractivity (Wildman–Crippen MR) is 165 cm³/mol. The summed E-state index contributed by atoms with van der Waals surface area (Å²) < 4.78 is 0. The van der Waals surface area contributed by atoms with Gasteiger partial charge in [0.1, 0.15) is 12.1 Å². The van der Waals surface area contributed by atoms with E-state index in [4.69, 9.17) is 15.0 Å². The first-order valence-electron chi connectivity index (χ1n) is 13.6. The van der Waals surface area contributed by atoms with Gasteiger partial charge in [-0.05, 0) is 47.3 Å². The van der Waals surface area contributed by atoms with Crippen LogP contribution >= 0.6 is 0 Å². The van der Waals surface area contributed by atoms with Crippen LogP contribution in [-0.2, 0) is 0 Å². The summed E-state index contributed by atoms with van der Waals surface area (Å²) in [4.78, 5) is 21.5. The third-order valence-electron chi connectivity index (χ3n) is 7.53. The van der Waals surface area contributed by atoms with Gasteiger partial charge in [-0.25, -0.2) is 19.9 Å². The van der Waals surface area contributed by atoms with Crippen molar-refractivity contribution in [2.75, 3.05) is 4.90 Å². The average Bonchev–Trinajstić information content (AvgIpc) is 3.06. The van der Waals surface area contributed by atoms with Crippen molar-refractivity contribution in [3.05, 3.63) is 140 Å². The lowest BCUT2D eigenvalue weighted by Crippen LogP contribution is -2.16. The molecule has 41 heavy (non-hydrogen) atoms. The van der Waals surface area contributed by atoms with E-state index in [-0.39, 0.29) is 0 Å². The molecule has 0 atom stereocenters. The van der Waals surface area contributed by atoms with Gasteiger partial charge < -0.3 is 0 Å². The maximum atomic E-state index is 5.09. The summed E-state index contributed by atoms with van der Waals surface area (Å²) in [5.74, 6) is 1.56. The predicted octanol–water partition coefficient (Wildman–Crippen LogP) is 8.87. The van der Waals surface area contributed by atoms with Crippen LogP contribution in [0.3, 0.4) is 0 Å². The number of anilines is 3. The van der Waals surface area contributed by atoms with Gasteiger partial charge in [0.2, 0.25) is 0 Å². The van der Waals surface area contributed by atoms with Gasteiger partial charge in [0, 0.05) is 39.5 Å². The minimum Gasteiger partial charge on any atom is -0.294 e. The molecule has 0 bridgehead atoms. The molecule has 8 rings (SSSR count). The van der Waals surface area contributed by atoms with Crippen LogP contribution < -0.4 is 4.90 Å². The van der Waals surface area contributed by atoms with Crippen molar-refractivity contribution < 1.29 is 0 Å². The van der Waals surface area contributed by atoms with Crippen molar-refractivity contribution in [2.24, 2.45) is 0 Å². The Kier molecular flexibility index (Phi) is 5.38. The topological polar surface area (TPSA) is 54.8 Å². The van der Waals surface area contributed by atoms with E-state index in [1.807, 2.05) is 48.7 Å². The zero-order chi connectivity index (χ0) is 27.2. The van der Waals surface area contributed by atoms with E-state index in [2.05, 4.69) is 94.8 Å². The second-order valence-electron chi connectivity index (χ2n) is 10.0. The number of hydrogen-bond acceptors (Lipinski definition) is 5. The van der Waals surface area contributed by atoms with Crippen LogP contribution in [0.2, 0.25) is 0 Å². The monoisotopic (exact) mass is 525 g/mol. The van der Waals surface area contributed by atoms with Crippen LogP contribution in [-0.4, -0.2) is 19.9 Å². The molecule has 1 aliphatic heterocycles. The molecule has 5 nitrogen and oxygen atoms in total. The molecule has 0 unspecified atom stereocenters. The van der Waals surface area contributed by atoms with E-state index < -0.39 is 0 Å². The Morgan fingerprint density at radius 1 is 0.537 bits per heavy atom. The zero-order valence-electron chi connectivity index (χ0n) is 22.0. The summed E-state index contributed by atoms with van der Waals surface area (Å²) in [6, 6.07) is 43.8. The molecule has 1 aliphatic rings. The minimum absolute atomic E-state index is 0.698. The van der Waals surface area contributed by atoms with Gasteiger partial charge in [0.05, 0.1) is 17.1 Å². The Labute approximate surface area is 237 Å². The standard InChI is InChI=1S/C36H23N5/c1-4-11-24(12-5-1)31-21-32(40-35(39-31)25-13-6-2-7-14-25)27-19-26-15-10-18-33-34(26)29(20-27)30-22-37-23-38-36(30)41(33)28-16-8-3-9-17-28/h1-23H. The van der Waals surface area contributed by atoms with E-state index in [1.54, 1.807) is 6.33 Å². The molecule has 0 fully saturated rings. The molecule has 3 heterocycles. The molecule has 7 aromatic rings. The summed E-state index contributed by atoms with van der Waals surface area (Å²) in [6.07, 6.45) is 3.53. The molecule has 0 spiro atoms. The van der Waals surface area contributed by atoms with E-state index >= 15 is 0 Å². The Balaban J connectivity index is 1.38. The average molecular weight is 526 g/mol. The maximum absolute atomic E-state index is 5.09. The molecule has 0 saturated carbocycles. The van der Waals surface area contributed by atoms with Crippen LogP contribution in [0, 0.1) is 0 Å². The summed E-state index contributed by atoms with van der Waals surface area (Å²) in [5, 5.41) is 2.30. The quantitative estimate of drug-likeness (QED) is 0.230. The number of nitrogens with zero attached hydrogens (tertiary/aromatic N) is 5. The lowest BCUT2D eigenvalue weighted by molar-refractivity contribution is 1.11. The van der Waals surface area contributed by atoms with Gasteiger partial charge in [0.25, 0.3) is 0 Å². The number of rotatable bonds is 4. The van der Waals surface area contributed by atoms with E-state index in [1.165, 1.54) is 5.39 Å². The number of fused-ring (bicyclic) bond motifs is 2. The van der Waals surface area contributed by atoms with Crippen molar-refractivity contribution in [3.63, 3.8) is 0 Å². The molecule has 5 heteroatoms. The molecule has 2 aromatic heterocycles. The minimum atomic E-state index is 0.698. The van der Waals surface area contributed by atoms with Gasteiger partial charge in [-0.2, -0.15) is 0 Å². The van der Waals surface area contributed by atoms with Gasteiger partial charge >= 0.3 is 0 Å². The molecule has 0 saturated heterocycles. The van der Waals surface area contributed by atoms with Gasteiger partial charge in [-0.3, -0.25) is 4.90 Å². The zero-order valence-corrected chi connectivity index (χ0v) is 22.0. The number of para-hydroxylation sites is 1. The molecule has 192 valence electrons. The SMILES string of the molecule is c1ccc(-c2cc(-c3cc4c5c(cccc5c3)N(c3ccccc3)c3ncncc3-4)nc(-c3ccccc3)n2)cc1. The molecular formula is C36H23N5. The number of aromatic nitrogens is 4. The largest absolute Gasteiger partial charge is 0.294 e. The summed E-state index contributed by atoms with van der Waals surface area (Å²) in [6.45, 7) is 0. The highest BCUT2D eigenvalue weighted by atomic mass is 15.2. The van der Waals surface area contributed by atoms with E-state index in [0.717, 1.165) is 61.8 Å². The van der Waals surface area contributed by atoms with E-state index in [9.17, 15) is 0 Å². The highest BCUT2D eigenvalue weighted by Gasteiger charge is 2.28. The molecule has 0 N–H and O–H groups in total. The number of benzene rings is 5. The van der Waals surface area contributed by atoms with Crippen molar-refractivity contribution in [2.45, 2.75) is 0 Å². The Bertz CT molecular complexity index is 1980. The second-order valence-corrected chi connectivity index (χ2v) is 10.0. The molecule has 0 amide bonds. The first-order valence-corrected chi connectivity index (χ1v) is 13.6. The van der Waals surface area contributed by atoms with E-state index in [0.29, 0.717) is 5.82 Å². The Morgan fingerprint density at radius 3 is 1.98 bits per heavy atom. The summed E-state index contributed by atoms with van der Waals surface area (Å²) >= 11 is 0. The third-order valence-corrected chi connectivity index (χ3v) is 7.53. The van der Waals surface area contributed by atoms with Crippen LogP contribution in [0.5, 0.6) is 0 Å². The fraction of sp³-hybridized carbons (Fsp3) is 0. The summed E-state index contributed by atoms with van der Waals surface area (Å²) in [5.41, 5.74) is 9.04. The van der Waals surface area contributed by atoms with Crippen LogP contribution in [0.4, 0.5) is 17.2 Å². The fourth-order valence-corrected chi connectivity index (χ4v) is 5.67. The van der Waals surface area contributed by atoms with Gasteiger partial charge in [0.15, 0.2) is 5.82 Å². The van der Waals surface area contributed by atoms with Crippen LogP contribution in [0.1, 0.15) is 0 Å². The highest BCUT2D eigenvalue weighted by Crippen LogP contribution is 2.50. The lowest BCUT2D eigenvalue weighted by Gasteiger charge is -2.32. The third kappa shape index (κ3) is 3.95. The first kappa shape index (κ1) is 23.2. The second kappa shape index (κ2) is 9.50. The fourth-order valence-electron chi connectivity index (χ4n) is 5.67. The maximum Gasteiger partial charge on any atom is 0.160 e. The van der Waals surface area contributed by atoms with Crippen molar-refractivity contribution >= 4 is 28.0 Å². The first-order chi connectivity index (χ1) is 20.3. The Morgan fingerprint density at radius 2 is 1.22 bits per heavy atom. The van der Waals surface area contributed by atoms with Crippen molar-refractivity contribution in [3.8, 4) is 45.0 Å². The summed E-state index contributed by atoms with van der Waals surface area (Å²) in [7, 11) is 0. The smallest absolute Gasteiger partial charge is 0.160 e. The van der Waals surface area contributed by atoms with Crippen molar-refractivity contribution in [1.29, 1.82) is 0 Å². The molecule has 0 aliphatic carbocycles. The molecule has 0 radical (unpaired) electrons. The normalized spacial score (nSPS) is 11.9. The Hall–Kier alpha value is -5.68.